The van der Waals surface area contributed by atoms with Gasteiger partial charge in [-0.25, -0.2) is 14.9 Å². The predicted octanol–water partition coefficient (Wildman–Crippen LogP) is 2.56. The molecule has 4 amide bonds. The number of hydrogen-bond donors (Lipinski definition) is 2. The first kappa shape index (κ1) is 21.9. The molecule has 0 radical (unpaired) electrons. The Morgan fingerprint density at radius 1 is 1.00 bits per heavy atom. The second-order valence-electron chi connectivity index (χ2n) is 7.76. The van der Waals surface area contributed by atoms with Crippen LogP contribution >= 0.6 is 0 Å². The van der Waals surface area contributed by atoms with E-state index in [1.54, 1.807) is 55.8 Å². The molecule has 9 nitrogen and oxygen atoms in total. The Hall–Kier alpha value is -4.27. The fourth-order valence-corrected chi connectivity index (χ4v) is 4.10. The lowest BCUT2D eigenvalue weighted by Crippen LogP contribution is -2.50. The smallest absolute Gasteiger partial charge is 0.318 e. The molecule has 2 N–H and O–H groups in total. The molecular formula is C24H23N5O4. The van der Waals surface area contributed by atoms with Crippen molar-refractivity contribution in [1.29, 1.82) is 0 Å². The molecule has 1 unspecified atom stereocenters. The van der Waals surface area contributed by atoms with Gasteiger partial charge in [-0.3, -0.25) is 14.4 Å². The van der Waals surface area contributed by atoms with E-state index in [9.17, 15) is 19.2 Å². The zero-order valence-electron chi connectivity index (χ0n) is 18.5. The highest BCUT2D eigenvalue weighted by atomic mass is 16.2. The van der Waals surface area contributed by atoms with Gasteiger partial charge in [0.05, 0.1) is 22.6 Å². The van der Waals surface area contributed by atoms with E-state index in [-0.39, 0.29) is 12.0 Å². The van der Waals surface area contributed by atoms with Crippen molar-refractivity contribution in [3.8, 4) is 5.69 Å². The van der Waals surface area contributed by atoms with Crippen molar-refractivity contribution in [2.75, 3.05) is 0 Å². The summed E-state index contributed by atoms with van der Waals surface area (Å²) in [6.07, 6.45) is 0.268. The van der Waals surface area contributed by atoms with Gasteiger partial charge < -0.3 is 5.32 Å². The zero-order chi connectivity index (χ0) is 23.8. The molecule has 9 heteroatoms. The monoisotopic (exact) mass is 445 g/mol. The summed E-state index contributed by atoms with van der Waals surface area (Å²) in [5.74, 6) is -2.64. The van der Waals surface area contributed by atoms with E-state index in [0.29, 0.717) is 22.0 Å². The summed E-state index contributed by atoms with van der Waals surface area (Å²) >= 11 is 0. The van der Waals surface area contributed by atoms with E-state index < -0.39 is 29.2 Å². The highest BCUT2D eigenvalue weighted by molar-refractivity contribution is 6.43. The number of carbonyl (C=O) groups excluding carboxylic acids is 4. The van der Waals surface area contributed by atoms with Crippen molar-refractivity contribution < 1.29 is 19.2 Å². The molecule has 1 atom stereocenters. The van der Waals surface area contributed by atoms with Crippen molar-refractivity contribution in [2.45, 2.75) is 32.7 Å². The van der Waals surface area contributed by atoms with Gasteiger partial charge in [-0.15, -0.1) is 0 Å². The Bertz CT molecular complexity index is 1250. The van der Waals surface area contributed by atoms with E-state index >= 15 is 0 Å². The van der Waals surface area contributed by atoms with E-state index in [1.807, 2.05) is 30.3 Å². The van der Waals surface area contributed by atoms with Gasteiger partial charge in [0.1, 0.15) is 5.54 Å². The van der Waals surface area contributed by atoms with Gasteiger partial charge in [-0.1, -0.05) is 55.5 Å². The van der Waals surface area contributed by atoms with Crippen molar-refractivity contribution in [3.63, 3.8) is 0 Å². The first-order chi connectivity index (χ1) is 15.8. The van der Waals surface area contributed by atoms with Crippen LogP contribution in [0.5, 0.6) is 0 Å². The first-order valence-electron chi connectivity index (χ1n) is 10.5. The summed E-state index contributed by atoms with van der Waals surface area (Å²) in [7, 11) is 0. The maximum atomic E-state index is 13.2. The fraction of sp³-hybridized carbons (Fsp3) is 0.208. The number of hydrazine groups is 1. The highest BCUT2D eigenvalue weighted by Crippen LogP contribution is 2.31. The number of aromatic nitrogens is 2. The number of hydrogen-bond acceptors (Lipinski definition) is 5. The third kappa shape index (κ3) is 3.57. The number of nitrogens with zero attached hydrogens (tertiary/aromatic N) is 3. The van der Waals surface area contributed by atoms with Crippen LogP contribution in [-0.4, -0.2) is 38.4 Å². The van der Waals surface area contributed by atoms with Crippen LogP contribution in [0.4, 0.5) is 4.79 Å². The molecule has 2 heterocycles. The summed E-state index contributed by atoms with van der Waals surface area (Å²) in [5, 5.41) is 7.61. The second-order valence-corrected chi connectivity index (χ2v) is 7.76. The number of Topliss-reactive ketones (excluding diaryl/α,β-unsaturated/α-hetero) is 1. The third-order valence-corrected chi connectivity index (χ3v) is 5.83. The number of para-hydroxylation sites is 1. The Labute approximate surface area is 190 Å². The van der Waals surface area contributed by atoms with Crippen molar-refractivity contribution >= 4 is 23.6 Å². The first-order valence-corrected chi connectivity index (χ1v) is 10.5. The number of ketones is 1. The maximum Gasteiger partial charge on any atom is 0.344 e. The van der Waals surface area contributed by atoms with Crippen LogP contribution in [0.15, 0.2) is 60.7 Å². The summed E-state index contributed by atoms with van der Waals surface area (Å²) < 4.78 is 1.57. The number of aryl methyl sites for hydroxylation is 1. The molecule has 1 saturated heterocycles. The minimum Gasteiger partial charge on any atom is -0.318 e. The van der Waals surface area contributed by atoms with Crippen LogP contribution in [0, 0.1) is 13.8 Å². The summed E-state index contributed by atoms with van der Waals surface area (Å²) in [5.41, 5.74) is 3.15. The molecule has 1 aromatic heterocycles. The van der Waals surface area contributed by atoms with Crippen molar-refractivity contribution in [3.05, 3.63) is 83.2 Å². The van der Waals surface area contributed by atoms with Gasteiger partial charge in [0.2, 0.25) is 0 Å². The van der Waals surface area contributed by atoms with E-state index in [2.05, 4.69) is 15.8 Å². The Balaban J connectivity index is 1.59. The van der Waals surface area contributed by atoms with E-state index in [1.165, 1.54) is 0 Å². The average Bonchev–Trinajstić information content (AvgIpc) is 3.27. The molecule has 3 aromatic rings. The molecule has 2 aromatic carbocycles. The van der Waals surface area contributed by atoms with Crippen LogP contribution in [-0.2, 0) is 15.1 Å². The number of urea groups is 1. The number of amides is 4. The minimum absolute atomic E-state index is 0.119. The lowest BCUT2D eigenvalue weighted by atomic mass is 9.87. The number of benzene rings is 2. The molecule has 0 aliphatic carbocycles. The topological polar surface area (TPSA) is 113 Å². The van der Waals surface area contributed by atoms with Crippen LogP contribution in [0.1, 0.15) is 40.7 Å². The van der Waals surface area contributed by atoms with Gasteiger partial charge >= 0.3 is 11.9 Å². The van der Waals surface area contributed by atoms with Crippen molar-refractivity contribution in [2.24, 2.45) is 0 Å². The number of nitrogens with one attached hydrogen (secondary N) is 2. The molecular weight excluding hydrogens is 422 g/mol. The molecule has 168 valence electrons. The summed E-state index contributed by atoms with van der Waals surface area (Å²) in [4.78, 5) is 51.6. The Morgan fingerprint density at radius 3 is 2.21 bits per heavy atom. The largest absolute Gasteiger partial charge is 0.344 e. The quantitative estimate of drug-likeness (QED) is 0.344. The molecule has 1 fully saturated rings. The Kier molecular flexibility index (Phi) is 5.55. The van der Waals surface area contributed by atoms with Crippen LogP contribution < -0.4 is 10.7 Å². The van der Waals surface area contributed by atoms with Crippen molar-refractivity contribution in [1.82, 2.24) is 25.5 Å². The third-order valence-electron chi connectivity index (χ3n) is 5.83. The van der Waals surface area contributed by atoms with Crippen LogP contribution in [0.3, 0.4) is 0 Å². The van der Waals surface area contributed by atoms with Gasteiger partial charge in [0, 0.05) is 0 Å². The second kappa shape index (κ2) is 8.34. The molecule has 1 aliphatic rings. The average molecular weight is 445 g/mol. The maximum absolute atomic E-state index is 13.2. The summed E-state index contributed by atoms with van der Waals surface area (Å²) in [6, 6.07) is 17.1. The number of carbonyl (C=O) groups is 4. The molecule has 33 heavy (non-hydrogen) atoms. The van der Waals surface area contributed by atoms with E-state index in [4.69, 9.17) is 0 Å². The molecule has 0 bridgehead atoms. The Morgan fingerprint density at radius 2 is 1.61 bits per heavy atom. The van der Waals surface area contributed by atoms with Crippen LogP contribution in [0.2, 0.25) is 0 Å². The standard InChI is InChI=1S/C24H23N5O4/c1-4-24(17-11-7-5-8-12-17)22(32)29(23(33)25-24)27-21(31)20(30)19-15(2)26-28(16(19)3)18-13-9-6-10-14-18/h5-14H,4H2,1-3H3,(H,25,33)(H,27,31). The number of imide groups is 1. The zero-order valence-corrected chi connectivity index (χ0v) is 18.5. The van der Waals surface area contributed by atoms with E-state index in [0.717, 1.165) is 5.69 Å². The molecule has 0 saturated carbocycles. The fourth-order valence-electron chi connectivity index (χ4n) is 4.10. The lowest BCUT2D eigenvalue weighted by molar-refractivity contribution is -0.138. The van der Waals surface area contributed by atoms with Gasteiger partial charge in [0.25, 0.3) is 11.7 Å². The van der Waals surface area contributed by atoms with Gasteiger partial charge in [-0.2, -0.15) is 10.1 Å². The highest BCUT2D eigenvalue weighted by Gasteiger charge is 2.52. The molecule has 1 aliphatic heterocycles. The normalized spacial score (nSPS) is 17.7. The lowest BCUT2D eigenvalue weighted by Gasteiger charge is -2.25. The van der Waals surface area contributed by atoms with Gasteiger partial charge in [0.15, 0.2) is 0 Å². The SMILES string of the molecule is CCC1(c2ccccc2)NC(=O)N(NC(=O)C(=O)c2c(C)nn(-c3ccccc3)c2C)C1=O. The minimum atomic E-state index is -1.32. The predicted molar refractivity (Wildman–Crippen MR) is 119 cm³/mol. The summed E-state index contributed by atoms with van der Waals surface area (Å²) in [6.45, 7) is 5.06. The number of rotatable bonds is 6. The molecule has 0 spiro atoms. The van der Waals surface area contributed by atoms with Crippen LogP contribution in [0.25, 0.3) is 5.69 Å². The van der Waals surface area contributed by atoms with Gasteiger partial charge in [-0.05, 0) is 38.0 Å². The molecule has 4 rings (SSSR count).